The topological polar surface area (TPSA) is 69.2 Å². The van der Waals surface area contributed by atoms with Gasteiger partial charge in [-0.15, -0.1) is 0 Å². The number of carbonyl (C=O) groups excluding carboxylic acids is 1. The molecule has 2 N–H and O–H groups in total. The molecule has 2 saturated carbocycles. The van der Waals surface area contributed by atoms with E-state index in [0.29, 0.717) is 44.5 Å². The smallest absolute Gasteiger partial charge is 0.248 e. The number of hydrogen-bond donors (Lipinski definition) is 2. The molecule has 0 aromatic carbocycles. The number of alkyl halides is 2. The number of halogens is 2. The van der Waals surface area contributed by atoms with Crippen molar-refractivity contribution in [3.63, 3.8) is 0 Å². The Kier molecular flexibility index (Phi) is 3.90. The van der Waals surface area contributed by atoms with Crippen LogP contribution < -0.4 is 0 Å². The summed E-state index contributed by atoms with van der Waals surface area (Å²) in [7, 11) is 0. The van der Waals surface area contributed by atoms with Gasteiger partial charge in [0.05, 0.1) is 5.69 Å². The summed E-state index contributed by atoms with van der Waals surface area (Å²) in [6.07, 6.45) is 5.13. The highest BCUT2D eigenvalue weighted by molar-refractivity contribution is 5.80. The molecule has 7 heteroatoms. The Hall–Kier alpha value is -1.50. The van der Waals surface area contributed by atoms with Crippen LogP contribution in [0, 0.1) is 11.3 Å². The third-order valence-electron chi connectivity index (χ3n) is 6.65. The molecule has 0 atom stereocenters. The van der Waals surface area contributed by atoms with E-state index in [9.17, 15) is 18.7 Å². The maximum Gasteiger partial charge on any atom is 0.248 e. The van der Waals surface area contributed by atoms with Gasteiger partial charge in [0.2, 0.25) is 11.8 Å². The second kappa shape index (κ2) is 5.76. The van der Waals surface area contributed by atoms with Crippen molar-refractivity contribution in [3.8, 4) is 0 Å². The molecule has 1 spiro atoms. The molecule has 1 saturated heterocycles. The van der Waals surface area contributed by atoms with Crippen molar-refractivity contribution >= 4 is 5.91 Å². The fourth-order valence-corrected chi connectivity index (χ4v) is 4.85. The Labute approximate surface area is 145 Å². The predicted octanol–water partition coefficient (Wildman–Crippen LogP) is 2.83. The van der Waals surface area contributed by atoms with Crippen molar-refractivity contribution in [2.45, 2.75) is 62.9 Å². The number of aromatic amines is 1. The van der Waals surface area contributed by atoms with Gasteiger partial charge in [0.15, 0.2) is 0 Å². The highest BCUT2D eigenvalue weighted by Gasteiger charge is 2.53. The average Bonchev–Trinajstić information content (AvgIpc) is 3.09. The lowest BCUT2D eigenvalue weighted by atomic mass is 9.55. The molecule has 1 amide bonds. The van der Waals surface area contributed by atoms with Crippen molar-refractivity contribution in [1.29, 1.82) is 0 Å². The number of likely N-dealkylation sites (tertiary alicyclic amines) is 1. The fraction of sp³-hybridized carbons (Fsp3) is 0.778. The van der Waals surface area contributed by atoms with Crippen LogP contribution in [0.5, 0.6) is 0 Å². The Morgan fingerprint density at radius 2 is 1.80 bits per heavy atom. The molecule has 1 aromatic heterocycles. The van der Waals surface area contributed by atoms with Crippen molar-refractivity contribution < 1.29 is 18.7 Å². The number of hydrogen-bond acceptors (Lipinski definition) is 3. The quantitative estimate of drug-likeness (QED) is 0.859. The van der Waals surface area contributed by atoms with Crippen LogP contribution in [-0.4, -0.2) is 45.1 Å². The Bertz CT molecular complexity index is 621. The van der Waals surface area contributed by atoms with Crippen LogP contribution in [0.1, 0.15) is 57.1 Å². The molecule has 3 aliphatic rings. The highest BCUT2D eigenvalue weighted by atomic mass is 19.3. The SMILES string of the molecule is O=C(C1CC2(CCC(F)(F)CC2)C1)N1CCC(O)(c2ccn[nH]2)CC1. The zero-order valence-electron chi connectivity index (χ0n) is 14.3. The molecule has 0 unspecified atom stereocenters. The largest absolute Gasteiger partial charge is 0.383 e. The minimum atomic E-state index is -2.51. The zero-order chi connectivity index (χ0) is 17.7. The molecule has 0 radical (unpaired) electrons. The van der Waals surface area contributed by atoms with Crippen LogP contribution in [0.25, 0.3) is 0 Å². The monoisotopic (exact) mass is 353 g/mol. The van der Waals surface area contributed by atoms with Gasteiger partial charge in [-0.3, -0.25) is 9.89 Å². The van der Waals surface area contributed by atoms with E-state index in [1.54, 1.807) is 12.3 Å². The molecular formula is C18H25F2N3O2. The van der Waals surface area contributed by atoms with Gasteiger partial charge in [0.25, 0.3) is 0 Å². The van der Waals surface area contributed by atoms with Gasteiger partial charge in [-0.05, 0) is 50.0 Å². The molecule has 3 fully saturated rings. The number of amides is 1. The molecule has 0 bridgehead atoms. The van der Waals surface area contributed by atoms with Crippen molar-refractivity contribution in [3.05, 3.63) is 18.0 Å². The average molecular weight is 353 g/mol. The van der Waals surface area contributed by atoms with Gasteiger partial charge in [0, 0.05) is 38.0 Å². The number of rotatable bonds is 2. The summed E-state index contributed by atoms with van der Waals surface area (Å²) in [5, 5.41) is 17.4. The van der Waals surface area contributed by atoms with Crippen molar-refractivity contribution in [2.75, 3.05) is 13.1 Å². The molecule has 1 aromatic rings. The summed E-state index contributed by atoms with van der Waals surface area (Å²) in [5.41, 5.74) is -0.261. The molecule has 5 nitrogen and oxygen atoms in total. The third kappa shape index (κ3) is 3.07. The number of H-pyrrole nitrogens is 1. The second-order valence-corrected chi connectivity index (χ2v) is 8.29. The molecule has 1 aliphatic heterocycles. The first-order valence-corrected chi connectivity index (χ1v) is 9.20. The summed E-state index contributed by atoms with van der Waals surface area (Å²) in [5.74, 6) is -2.40. The summed E-state index contributed by atoms with van der Waals surface area (Å²) in [6, 6.07) is 1.77. The lowest BCUT2D eigenvalue weighted by Gasteiger charge is -2.52. The Balaban J connectivity index is 1.29. The van der Waals surface area contributed by atoms with Gasteiger partial charge in [-0.2, -0.15) is 5.10 Å². The lowest BCUT2D eigenvalue weighted by molar-refractivity contribution is -0.154. The number of piperidine rings is 1. The van der Waals surface area contributed by atoms with Crippen LogP contribution in [0.3, 0.4) is 0 Å². The van der Waals surface area contributed by atoms with Gasteiger partial charge in [-0.25, -0.2) is 8.78 Å². The van der Waals surface area contributed by atoms with E-state index < -0.39 is 11.5 Å². The number of carbonyl (C=O) groups is 1. The highest BCUT2D eigenvalue weighted by Crippen LogP contribution is 2.57. The number of nitrogens with one attached hydrogen (secondary N) is 1. The van der Waals surface area contributed by atoms with Crippen LogP contribution >= 0.6 is 0 Å². The van der Waals surface area contributed by atoms with E-state index in [4.69, 9.17) is 0 Å². The standard InChI is InChI=1S/C18H25F2N3O2/c19-18(20)4-2-16(3-5-18)11-13(12-16)15(24)23-9-6-17(25,7-10-23)14-1-8-21-22-14/h1,8,13,25H,2-7,9-12H2,(H,21,22). The van der Waals surface area contributed by atoms with Crippen LogP contribution in [0.2, 0.25) is 0 Å². The van der Waals surface area contributed by atoms with Crippen LogP contribution in [0.4, 0.5) is 8.78 Å². The predicted molar refractivity (Wildman–Crippen MR) is 86.9 cm³/mol. The summed E-state index contributed by atoms with van der Waals surface area (Å²) >= 11 is 0. The van der Waals surface area contributed by atoms with Crippen molar-refractivity contribution in [1.82, 2.24) is 15.1 Å². The first-order valence-electron chi connectivity index (χ1n) is 9.20. The van der Waals surface area contributed by atoms with Gasteiger partial charge >= 0.3 is 0 Å². The second-order valence-electron chi connectivity index (χ2n) is 8.29. The van der Waals surface area contributed by atoms with Crippen molar-refractivity contribution in [2.24, 2.45) is 11.3 Å². The van der Waals surface area contributed by atoms with Gasteiger partial charge in [0.1, 0.15) is 5.60 Å². The Morgan fingerprint density at radius 3 is 2.36 bits per heavy atom. The number of aliphatic hydroxyl groups is 1. The maximum absolute atomic E-state index is 13.3. The van der Waals surface area contributed by atoms with Crippen LogP contribution in [-0.2, 0) is 10.4 Å². The van der Waals surface area contributed by atoms with E-state index >= 15 is 0 Å². The Morgan fingerprint density at radius 1 is 1.16 bits per heavy atom. The molecule has 2 heterocycles. The first kappa shape index (κ1) is 16.9. The molecule has 2 aliphatic carbocycles. The third-order valence-corrected chi connectivity index (χ3v) is 6.65. The van der Waals surface area contributed by atoms with E-state index in [1.807, 2.05) is 4.90 Å². The minimum Gasteiger partial charge on any atom is -0.383 e. The lowest BCUT2D eigenvalue weighted by Crippen LogP contribution is -2.52. The van der Waals surface area contributed by atoms with Gasteiger partial charge in [-0.1, -0.05) is 0 Å². The summed E-state index contributed by atoms with van der Waals surface area (Å²) < 4.78 is 26.7. The zero-order valence-corrected chi connectivity index (χ0v) is 14.3. The number of aromatic nitrogens is 2. The van der Waals surface area contributed by atoms with Gasteiger partial charge < -0.3 is 10.0 Å². The van der Waals surface area contributed by atoms with E-state index in [0.717, 1.165) is 12.8 Å². The van der Waals surface area contributed by atoms with E-state index in [1.165, 1.54) is 0 Å². The normalized spacial score (nSPS) is 27.9. The summed E-state index contributed by atoms with van der Waals surface area (Å²) in [4.78, 5) is 14.5. The molecular weight excluding hydrogens is 328 g/mol. The van der Waals surface area contributed by atoms with E-state index in [-0.39, 0.29) is 30.1 Å². The molecule has 4 rings (SSSR count). The fourth-order valence-electron chi connectivity index (χ4n) is 4.85. The minimum absolute atomic E-state index is 0.0194. The molecule has 138 valence electrons. The molecule has 25 heavy (non-hydrogen) atoms. The maximum atomic E-state index is 13.3. The summed E-state index contributed by atoms with van der Waals surface area (Å²) in [6.45, 7) is 1.05. The van der Waals surface area contributed by atoms with E-state index in [2.05, 4.69) is 10.2 Å². The number of nitrogens with zero attached hydrogens (tertiary/aromatic N) is 2. The van der Waals surface area contributed by atoms with Crippen LogP contribution in [0.15, 0.2) is 12.3 Å². The first-order chi connectivity index (χ1) is 11.8.